The van der Waals surface area contributed by atoms with E-state index in [4.69, 9.17) is 4.74 Å². The highest BCUT2D eigenvalue weighted by atomic mass is 19.1. The molecule has 0 saturated carbocycles. The van der Waals surface area contributed by atoms with Gasteiger partial charge in [-0.05, 0) is 48.5 Å². The number of hydrogen-bond acceptors (Lipinski definition) is 5. The Morgan fingerprint density at radius 2 is 1.52 bits per heavy atom. The Bertz CT molecular complexity index is 950. The second-order valence-corrected chi connectivity index (χ2v) is 7.15. The first-order chi connectivity index (χ1) is 14.0. The molecular formula is C21H23F2N5O. The van der Waals surface area contributed by atoms with Crippen molar-refractivity contribution in [3.8, 4) is 5.75 Å². The largest absolute Gasteiger partial charge is 0.490 e. The minimum atomic E-state index is -0.272. The van der Waals surface area contributed by atoms with Crippen LogP contribution in [0, 0.1) is 11.6 Å². The summed E-state index contributed by atoms with van der Waals surface area (Å²) in [5, 5.41) is 8.68. The number of rotatable bonds is 5. The molecule has 29 heavy (non-hydrogen) atoms. The van der Waals surface area contributed by atoms with Crippen LogP contribution in [0.1, 0.15) is 12.8 Å². The molecule has 0 N–H and O–H groups in total. The van der Waals surface area contributed by atoms with Crippen molar-refractivity contribution < 1.29 is 13.5 Å². The first kappa shape index (κ1) is 19.2. The summed E-state index contributed by atoms with van der Waals surface area (Å²) in [7, 11) is 3.80. The molecule has 2 aromatic carbocycles. The van der Waals surface area contributed by atoms with Crippen molar-refractivity contribution in [1.29, 1.82) is 0 Å². The van der Waals surface area contributed by atoms with Gasteiger partial charge in [0.05, 0.1) is 0 Å². The summed E-state index contributed by atoms with van der Waals surface area (Å²) in [5.74, 6) is 1.61. The highest BCUT2D eigenvalue weighted by Crippen LogP contribution is 2.27. The highest BCUT2D eigenvalue weighted by molar-refractivity contribution is 5.58. The van der Waals surface area contributed by atoms with Crippen molar-refractivity contribution in [2.24, 2.45) is 7.05 Å². The zero-order chi connectivity index (χ0) is 20.4. The van der Waals surface area contributed by atoms with Gasteiger partial charge in [0.2, 0.25) is 11.9 Å². The van der Waals surface area contributed by atoms with E-state index in [9.17, 15) is 8.78 Å². The molecule has 8 heteroatoms. The fraction of sp³-hybridized carbons (Fsp3) is 0.333. The lowest BCUT2D eigenvalue weighted by Gasteiger charge is -2.32. The number of piperidine rings is 1. The maximum atomic E-state index is 13.2. The fourth-order valence-corrected chi connectivity index (χ4v) is 3.54. The van der Waals surface area contributed by atoms with Gasteiger partial charge in [-0.15, -0.1) is 10.2 Å². The first-order valence-electron chi connectivity index (χ1n) is 9.57. The Hall–Kier alpha value is -3.16. The Morgan fingerprint density at radius 1 is 0.931 bits per heavy atom. The Kier molecular flexibility index (Phi) is 5.33. The van der Waals surface area contributed by atoms with Crippen LogP contribution in [0.2, 0.25) is 0 Å². The molecule has 0 spiro atoms. The lowest BCUT2D eigenvalue weighted by molar-refractivity contribution is 0.170. The average Bonchev–Trinajstić information content (AvgIpc) is 3.12. The second kappa shape index (κ2) is 8.06. The maximum Gasteiger partial charge on any atom is 0.232 e. The molecule has 1 aliphatic heterocycles. The molecule has 1 fully saturated rings. The van der Waals surface area contributed by atoms with Gasteiger partial charge in [0, 0.05) is 45.7 Å². The van der Waals surface area contributed by atoms with Gasteiger partial charge in [-0.25, -0.2) is 8.78 Å². The van der Waals surface area contributed by atoms with Crippen molar-refractivity contribution in [2.45, 2.75) is 18.9 Å². The van der Waals surface area contributed by atoms with Crippen molar-refractivity contribution in [1.82, 2.24) is 14.8 Å². The van der Waals surface area contributed by atoms with Crippen LogP contribution in [-0.4, -0.2) is 41.0 Å². The molecular weight excluding hydrogens is 376 g/mol. The molecule has 1 saturated heterocycles. The molecule has 1 aromatic heterocycles. The number of benzene rings is 2. The maximum absolute atomic E-state index is 13.2. The number of nitrogens with zero attached hydrogens (tertiary/aromatic N) is 5. The topological polar surface area (TPSA) is 46.4 Å². The van der Waals surface area contributed by atoms with Crippen LogP contribution in [0.5, 0.6) is 5.75 Å². The normalized spacial score (nSPS) is 14.8. The SMILES string of the molecule is CN(c1ccc(F)cc1)c1nnc(N2CCC(Oc3ccc(F)cc3)CC2)n1C. The van der Waals surface area contributed by atoms with E-state index in [1.807, 2.05) is 23.6 Å². The van der Waals surface area contributed by atoms with Crippen LogP contribution in [0.3, 0.4) is 0 Å². The zero-order valence-electron chi connectivity index (χ0n) is 16.4. The minimum Gasteiger partial charge on any atom is -0.490 e. The average molecular weight is 399 g/mol. The molecule has 4 rings (SSSR count). The molecule has 0 atom stereocenters. The summed E-state index contributed by atoms with van der Waals surface area (Å²) in [4.78, 5) is 4.06. The van der Waals surface area contributed by atoms with Gasteiger partial charge in [-0.3, -0.25) is 4.57 Å². The number of hydrogen-bond donors (Lipinski definition) is 0. The number of anilines is 3. The molecule has 0 bridgehead atoms. The smallest absolute Gasteiger partial charge is 0.232 e. The van der Waals surface area contributed by atoms with Gasteiger partial charge < -0.3 is 14.5 Å². The van der Waals surface area contributed by atoms with Crippen LogP contribution in [0.15, 0.2) is 48.5 Å². The van der Waals surface area contributed by atoms with Crippen molar-refractivity contribution in [2.75, 3.05) is 29.9 Å². The molecule has 6 nitrogen and oxygen atoms in total. The van der Waals surface area contributed by atoms with Crippen LogP contribution < -0.4 is 14.5 Å². The molecule has 152 valence electrons. The fourth-order valence-electron chi connectivity index (χ4n) is 3.54. The van der Waals surface area contributed by atoms with Crippen molar-refractivity contribution in [3.63, 3.8) is 0 Å². The van der Waals surface area contributed by atoms with E-state index in [1.54, 1.807) is 24.3 Å². The van der Waals surface area contributed by atoms with E-state index >= 15 is 0 Å². The van der Waals surface area contributed by atoms with Crippen LogP contribution in [0.25, 0.3) is 0 Å². The van der Waals surface area contributed by atoms with Crippen molar-refractivity contribution >= 4 is 17.6 Å². The number of aromatic nitrogens is 3. The molecule has 1 aliphatic rings. The molecule has 0 aliphatic carbocycles. The summed E-state index contributed by atoms with van der Waals surface area (Å²) in [6.07, 6.45) is 1.77. The van der Waals surface area contributed by atoms with E-state index in [0.29, 0.717) is 11.7 Å². The van der Waals surface area contributed by atoms with E-state index in [-0.39, 0.29) is 17.7 Å². The van der Waals surface area contributed by atoms with E-state index in [2.05, 4.69) is 15.1 Å². The standard InChI is InChI=1S/C21H23F2N5O/c1-26(17-7-3-15(22)4-8-17)20-24-25-21(27(20)2)28-13-11-19(12-14-28)29-18-9-5-16(23)6-10-18/h3-10,19H,11-14H2,1-2H3. The molecule has 3 aromatic rings. The van der Waals surface area contributed by atoms with Crippen LogP contribution in [-0.2, 0) is 7.05 Å². The lowest BCUT2D eigenvalue weighted by Crippen LogP contribution is -2.39. The van der Waals surface area contributed by atoms with Gasteiger partial charge in [-0.2, -0.15) is 0 Å². The van der Waals surface area contributed by atoms with E-state index in [1.165, 1.54) is 24.3 Å². The van der Waals surface area contributed by atoms with Gasteiger partial charge in [0.1, 0.15) is 23.5 Å². The Labute approximate surface area is 168 Å². The minimum absolute atomic E-state index is 0.0892. The van der Waals surface area contributed by atoms with Gasteiger partial charge in [-0.1, -0.05) is 0 Å². The van der Waals surface area contributed by atoms with E-state index < -0.39 is 0 Å². The second-order valence-electron chi connectivity index (χ2n) is 7.15. The van der Waals surface area contributed by atoms with Crippen molar-refractivity contribution in [3.05, 3.63) is 60.2 Å². The summed E-state index contributed by atoms with van der Waals surface area (Å²) >= 11 is 0. The van der Waals surface area contributed by atoms with Gasteiger partial charge >= 0.3 is 0 Å². The third-order valence-corrected chi connectivity index (χ3v) is 5.18. The summed E-state index contributed by atoms with van der Waals surface area (Å²) in [5.41, 5.74) is 0.833. The third-order valence-electron chi connectivity index (χ3n) is 5.18. The van der Waals surface area contributed by atoms with Crippen LogP contribution >= 0.6 is 0 Å². The molecule has 0 radical (unpaired) electrons. The van der Waals surface area contributed by atoms with Crippen LogP contribution in [0.4, 0.5) is 26.4 Å². The quantitative estimate of drug-likeness (QED) is 0.651. The lowest BCUT2D eigenvalue weighted by atomic mass is 10.1. The zero-order valence-corrected chi connectivity index (χ0v) is 16.4. The molecule has 2 heterocycles. The summed E-state index contributed by atoms with van der Waals surface area (Å²) < 4.78 is 34.1. The highest BCUT2D eigenvalue weighted by Gasteiger charge is 2.25. The van der Waals surface area contributed by atoms with Gasteiger partial charge in [0.15, 0.2) is 0 Å². The third kappa shape index (κ3) is 4.16. The monoisotopic (exact) mass is 399 g/mol. The Morgan fingerprint density at radius 3 is 2.14 bits per heavy atom. The predicted octanol–water partition coefficient (Wildman–Crippen LogP) is 3.91. The predicted molar refractivity (Wildman–Crippen MR) is 108 cm³/mol. The number of halogens is 2. The van der Waals surface area contributed by atoms with Gasteiger partial charge in [0.25, 0.3) is 0 Å². The number of ether oxygens (including phenoxy) is 1. The van der Waals surface area contributed by atoms with E-state index in [0.717, 1.165) is 37.6 Å². The first-order valence-corrected chi connectivity index (χ1v) is 9.57. The summed E-state index contributed by atoms with van der Waals surface area (Å²) in [6.45, 7) is 1.58. The molecule has 0 unspecified atom stereocenters. The molecule has 0 amide bonds. The Balaban J connectivity index is 1.40. The summed E-state index contributed by atoms with van der Waals surface area (Å²) in [6, 6.07) is 12.4.